The second-order valence-corrected chi connectivity index (χ2v) is 6.19. The molecule has 0 saturated carbocycles. The van der Waals surface area contributed by atoms with Gasteiger partial charge in [0, 0.05) is 24.1 Å². The molecule has 0 unspecified atom stereocenters. The normalized spacial score (nSPS) is 13.0. The maximum Gasteiger partial charge on any atom is 0.328 e. The number of hydrogen-bond donors (Lipinski definition) is 2. The van der Waals surface area contributed by atoms with E-state index in [4.69, 9.17) is 4.74 Å². The van der Waals surface area contributed by atoms with Gasteiger partial charge in [0.15, 0.2) is 0 Å². The second-order valence-electron chi connectivity index (χ2n) is 6.19. The van der Waals surface area contributed by atoms with Gasteiger partial charge in [-0.3, -0.25) is 14.9 Å². The van der Waals surface area contributed by atoms with Crippen LogP contribution in [-0.4, -0.2) is 48.3 Å². The number of aliphatic hydroxyl groups excluding tert-OH is 1. The molecule has 0 saturated heterocycles. The highest BCUT2D eigenvalue weighted by atomic mass is 16.6. The molecule has 2 N–H and O–H groups in total. The molecule has 0 fully saturated rings. The van der Waals surface area contributed by atoms with Gasteiger partial charge in [0.05, 0.1) is 19.1 Å². The third-order valence-electron chi connectivity index (χ3n) is 3.70. The molecule has 0 heterocycles. The lowest BCUT2D eigenvalue weighted by molar-refractivity contribution is -0.384. The Hall–Kier alpha value is -2.68. The lowest BCUT2D eigenvalue weighted by Gasteiger charge is -2.20. The van der Waals surface area contributed by atoms with Crippen LogP contribution in [0.25, 0.3) is 0 Å². The average Bonchev–Trinajstić information content (AvgIpc) is 2.59. The highest BCUT2D eigenvalue weighted by molar-refractivity contribution is 5.87. The molecule has 1 amide bonds. The number of nitro benzene ring substituents is 1. The van der Waals surface area contributed by atoms with Crippen LogP contribution in [0.5, 0.6) is 5.75 Å². The molecule has 1 aromatic rings. The summed E-state index contributed by atoms with van der Waals surface area (Å²) in [5.41, 5.74) is 0.186. The maximum absolute atomic E-state index is 12.1. The standard InChI is InChI=1S/C17H24N2O7/c1-10(2)7-14(20)16(21)18-13(17(22)26-4)9-11-8-12(19(23)24)5-6-15(11)25-3/h5-6,8,10,13-14,20H,7,9H2,1-4H3,(H,18,21)/t13-,14+/m1/s1. The zero-order valence-corrected chi connectivity index (χ0v) is 15.2. The number of esters is 1. The highest BCUT2D eigenvalue weighted by Gasteiger charge is 2.27. The van der Waals surface area contributed by atoms with E-state index in [1.807, 2.05) is 13.8 Å². The van der Waals surface area contributed by atoms with Gasteiger partial charge in [0.2, 0.25) is 5.91 Å². The number of non-ortho nitro benzene ring substituents is 1. The fraction of sp³-hybridized carbons (Fsp3) is 0.529. The lowest BCUT2D eigenvalue weighted by atomic mass is 10.0. The number of carbonyl (C=O) groups is 2. The number of carbonyl (C=O) groups excluding carboxylic acids is 2. The Kier molecular flexibility index (Phi) is 7.98. The van der Waals surface area contributed by atoms with Crippen LogP contribution in [0.2, 0.25) is 0 Å². The molecule has 9 heteroatoms. The average molecular weight is 368 g/mol. The van der Waals surface area contributed by atoms with Crippen molar-refractivity contribution >= 4 is 17.6 Å². The van der Waals surface area contributed by atoms with Crippen LogP contribution >= 0.6 is 0 Å². The van der Waals surface area contributed by atoms with E-state index < -0.39 is 28.9 Å². The molecule has 1 aromatic carbocycles. The molecule has 0 aliphatic heterocycles. The van der Waals surface area contributed by atoms with Crippen LogP contribution in [0.15, 0.2) is 18.2 Å². The number of aliphatic hydroxyl groups is 1. The summed E-state index contributed by atoms with van der Waals surface area (Å²) in [7, 11) is 2.56. The molecule has 26 heavy (non-hydrogen) atoms. The van der Waals surface area contributed by atoms with Crippen molar-refractivity contribution in [3.63, 3.8) is 0 Å². The van der Waals surface area contributed by atoms with Crippen molar-refractivity contribution in [2.24, 2.45) is 5.92 Å². The van der Waals surface area contributed by atoms with Gasteiger partial charge in [-0.05, 0) is 18.4 Å². The van der Waals surface area contributed by atoms with Crippen molar-refractivity contribution < 1.29 is 29.1 Å². The molecule has 144 valence electrons. The molecule has 1 rings (SSSR count). The minimum atomic E-state index is -1.27. The largest absolute Gasteiger partial charge is 0.496 e. The number of methoxy groups -OCH3 is 2. The Morgan fingerprint density at radius 2 is 1.96 bits per heavy atom. The molecule has 0 spiro atoms. The van der Waals surface area contributed by atoms with Crippen LogP contribution < -0.4 is 10.1 Å². The summed E-state index contributed by atoms with van der Waals surface area (Å²) in [6, 6.07) is 2.84. The number of nitro groups is 1. The lowest BCUT2D eigenvalue weighted by Crippen LogP contribution is -2.47. The number of hydrogen-bond acceptors (Lipinski definition) is 7. The molecular weight excluding hydrogens is 344 g/mol. The van der Waals surface area contributed by atoms with Gasteiger partial charge in [-0.15, -0.1) is 0 Å². The van der Waals surface area contributed by atoms with E-state index in [9.17, 15) is 24.8 Å². The van der Waals surface area contributed by atoms with E-state index >= 15 is 0 Å². The number of ether oxygens (including phenoxy) is 2. The summed E-state index contributed by atoms with van der Waals surface area (Å²) < 4.78 is 9.85. The SMILES string of the molecule is COC(=O)[C@@H](Cc1cc([N+](=O)[O-])ccc1OC)NC(=O)[C@@H](O)CC(C)C. The zero-order chi connectivity index (χ0) is 19.9. The molecule has 0 aliphatic rings. The number of benzene rings is 1. The number of rotatable bonds is 9. The van der Waals surface area contributed by atoms with Gasteiger partial charge in [-0.1, -0.05) is 13.8 Å². The molecule has 9 nitrogen and oxygen atoms in total. The monoisotopic (exact) mass is 368 g/mol. The first-order chi connectivity index (χ1) is 12.2. The molecular formula is C17H24N2O7. The summed E-state index contributed by atoms with van der Waals surface area (Å²) in [6.07, 6.45) is -1.12. The Morgan fingerprint density at radius 3 is 2.46 bits per heavy atom. The zero-order valence-electron chi connectivity index (χ0n) is 15.2. The van der Waals surface area contributed by atoms with Crippen molar-refractivity contribution in [1.82, 2.24) is 5.32 Å². The van der Waals surface area contributed by atoms with Crippen LogP contribution in [0.3, 0.4) is 0 Å². The Balaban J connectivity index is 3.05. The molecule has 0 aliphatic carbocycles. The summed E-state index contributed by atoms with van der Waals surface area (Å²) >= 11 is 0. The summed E-state index contributed by atoms with van der Waals surface area (Å²) in [6.45, 7) is 3.70. The Morgan fingerprint density at radius 1 is 1.31 bits per heavy atom. The van der Waals surface area contributed by atoms with Gasteiger partial charge in [-0.25, -0.2) is 4.79 Å². The van der Waals surface area contributed by atoms with E-state index in [0.29, 0.717) is 11.3 Å². The first-order valence-electron chi connectivity index (χ1n) is 8.07. The first-order valence-corrected chi connectivity index (χ1v) is 8.07. The van der Waals surface area contributed by atoms with Gasteiger partial charge < -0.3 is 19.9 Å². The predicted molar refractivity (Wildman–Crippen MR) is 92.8 cm³/mol. The Labute approximate surface area is 151 Å². The van der Waals surface area contributed by atoms with Crippen LogP contribution in [0.1, 0.15) is 25.8 Å². The molecule has 2 atom stereocenters. The predicted octanol–water partition coefficient (Wildman–Crippen LogP) is 1.21. The van der Waals surface area contributed by atoms with Gasteiger partial charge in [0.1, 0.15) is 17.9 Å². The number of nitrogens with zero attached hydrogens (tertiary/aromatic N) is 1. The van der Waals surface area contributed by atoms with Crippen molar-refractivity contribution in [3.05, 3.63) is 33.9 Å². The maximum atomic E-state index is 12.1. The fourth-order valence-corrected chi connectivity index (χ4v) is 2.42. The van der Waals surface area contributed by atoms with E-state index in [0.717, 1.165) is 7.11 Å². The minimum absolute atomic E-state index is 0.0856. The summed E-state index contributed by atoms with van der Waals surface area (Å²) in [4.78, 5) is 34.5. The Bertz CT molecular complexity index is 661. The molecule has 0 aromatic heterocycles. The van der Waals surface area contributed by atoms with Crippen molar-refractivity contribution in [1.29, 1.82) is 0 Å². The summed E-state index contributed by atoms with van der Waals surface area (Å²) in [5, 5.41) is 23.3. The van der Waals surface area contributed by atoms with E-state index in [1.54, 1.807) is 0 Å². The number of nitrogens with one attached hydrogen (secondary N) is 1. The van der Waals surface area contributed by atoms with Crippen molar-refractivity contribution in [2.45, 2.75) is 38.8 Å². The highest BCUT2D eigenvalue weighted by Crippen LogP contribution is 2.25. The van der Waals surface area contributed by atoms with Crippen LogP contribution in [0, 0.1) is 16.0 Å². The van der Waals surface area contributed by atoms with E-state index in [2.05, 4.69) is 10.1 Å². The minimum Gasteiger partial charge on any atom is -0.496 e. The van der Waals surface area contributed by atoms with Crippen LogP contribution in [0.4, 0.5) is 5.69 Å². The first kappa shape index (κ1) is 21.4. The topological polar surface area (TPSA) is 128 Å². The smallest absolute Gasteiger partial charge is 0.328 e. The molecule has 0 bridgehead atoms. The van der Waals surface area contributed by atoms with Gasteiger partial charge >= 0.3 is 5.97 Å². The van der Waals surface area contributed by atoms with E-state index in [1.165, 1.54) is 25.3 Å². The quantitative estimate of drug-likeness (QED) is 0.381. The second kappa shape index (κ2) is 9.71. The van der Waals surface area contributed by atoms with E-state index in [-0.39, 0.29) is 24.4 Å². The third-order valence-corrected chi connectivity index (χ3v) is 3.70. The van der Waals surface area contributed by atoms with Gasteiger partial charge in [0.25, 0.3) is 5.69 Å². The molecule has 0 radical (unpaired) electrons. The van der Waals surface area contributed by atoms with Crippen molar-refractivity contribution in [2.75, 3.05) is 14.2 Å². The third kappa shape index (κ3) is 5.99. The van der Waals surface area contributed by atoms with Gasteiger partial charge in [-0.2, -0.15) is 0 Å². The summed E-state index contributed by atoms with van der Waals surface area (Å²) in [5.74, 6) is -1.02. The number of amides is 1. The van der Waals surface area contributed by atoms with Crippen molar-refractivity contribution in [3.8, 4) is 5.75 Å². The fourth-order valence-electron chi connectivity index (χ4n) is 2.42. The van der Waals surface area contributed by atoms with Crippen LogP contribution in [-0.2, 0) is 20.7 Å².